The van der Waals surface area contributed by atoms with Crippen LogP contribution in [0.1, 0.15) is 16.8 Å². The number of carbonyl (C=O) groups excluding carboxylic acids is 1. The molecule has 0 bridgehead atoms. The lowest BCUT2D eigenvalue weighted by molar-refractivity contribution is 0.0951. The molecule has 0 saturated heterocycles. The van der Waals surface area contributed by atoms with Crippen molar-refractivity contribution in [1.29, 1.82) is 0 Å². The summed E-state index contributed by atoms with van der Waals surface area (Å²) in [4.78, 5) is 11.8. The van der Waals surface area contributed by atoms with Gasteiger partial charge in [-0.3, -0.25) is 4.79 Å². The van der Waals surface area contributed by atoms with Crippen molar-refractivity contribution >= 4 is 5.91 Å². The van der Waals surface area contributed by atoms with Crippen LogP contribution >= 0.6 is 0 Å². The SMILES string of the molecule is O=C(NCCCO)c1cccc(-n2cccn2)c1. The van der Waals surface area contributed by atoms with Crippen LogP contribution < -0.4 is 5.32 Å². The van der Waals surface area contributed by atoms with Gasteiger partial charge < -0.3 is 10.4 Å². The third-order valence-electron chi connectivity index (χ3n) is 2.50. The maximum atomic E-state index is 11.8. The third kappa shape index (κ3) is 2.95. The van der Waals surface area contributed by atoms with E-state index in [1.165, 1.54) is 0 Å². The van der Waals surface area contributed by atoms with Gasteiger partial charge in [-0.15, -0.1) is 0 Å². The van der Waals surface area contributed by atoms with Crippen molar-refractivity contribution in [3.8, 4) is 5.69 Å². The van der Waals surface area contributed by atoms with Crippen LogP contribution in [0.15, 0.2) is 42.7 Å². The molecule has 0 radical (unpaired) electrons. The first kappa shape index (κ1) is 12.3. The molecule has 0 fully saturated rings. The molecule has 0 spiro atoms. The standard InChI is InChI=1S/C13H15N3O2/c17-9-3-6-14-13(18)11-4-1-5-12(10-11)16-8-2-7-15-16/h1-2,4-5,7-8,10,17H,3,6,9H2,(H,14,18). The Kier molecular flexibility index (Phi) is 4.09. The molecule has 0 saturated carbocycles. The molecule has 2 N–H and O–H groups in total. The Morgan fingerprint density at radius 1 is 1.39 bits per heavy atom. The van der Waals surface area contributed by atoms with E-state index in [9.17, 15) is 4.79 Å². The van der Waals surface area contributed by atoms with E-state index in [1.54, 1.807) is 23.0 Å². The van der Waals surface area contributed by atoms with Crippen LogP contribution in [0, 0.1) is 0 Å². The molecule has 18 heavy (non-hydrogen) atoms. The van der Waals surface area contributed by atoms with Crippen LogP contribution in [0.2, 0.25) is 0 Å². The number of benzene rings is 1. The number of hydrogen-bond acceptors (Lipinski definition) is 3. The Bertz CT molecular complexity index is 509. The van der Waals surface area contributed by atoms with Gasteiger partial charge in [0.15, 0.2) is 0 Å². The summed E-state index contributed by atoms with van der Waals surface area (Å²) in [5.74, 6) is -0.141. The zero-order chi connectivity index (χ0) is 12.8. The molecule has 5 heteroatoms. The molecule has 1 heterocycles. The number of nitrogens with one attached hydrogen (secondary N) is 1. The van der Waals surface area contributed by atoms with Gasteiger partial charge >= 0.3 is 0 Å². The fourth-order valence-corrected chi connectivity index (χ4v) is 1.59. The van der Waals surface area contributed by atoms with Gasteiger partial charge in [0.05, 0.1) is 5.69 Å². The van der Waals surface area contributed by atoms with Gasteiger partial charge in [-0.05, 0) is 30.7 Å². The van der Waals surface area contributed by atoms with Crippen molar-refractivity contribution in [2.45, 2.75) is 6.42 Å². The van der Waals surface area contributed by atoms with Crippen LogP contribution in [-0.4, -0.2) is 33.9 Å². The maximum absolute atomic E-state index is 11.8. The summed E-state index contributed by atoms with van der Waals surface area (Å²) in [6, 6.07) is 9.06. The normalized spacial score (nSPS) is 10.3. The zero-order valence-corrected chi connectivity index (χ0v) is 9.91. The number of aliphatic hydroxyl groups is 1. The summed E-state index contributed by atoms with van der Waals surface area (Å²) in [5.41, 5.74) is 1.43. The van der Waals surface area contributed by atoms with Crippen molar-refractivity contribution in [3.63, 3.8) is 0 Å². The quantitative estimate of drug-likeness (QED) is 0.772. The van der Waals surface area contributed by atoms with E-state index < -0.39 is 0 Å². The zero-order valence-electron chi connectivity index (χ0n) is 9.91. The minimum Gasteiger partial charge on any atom is -0.396 e. The fraction of sp³-hybridized carbons (Fsp3) is 0.231. The van der Waals surface area contributed by atoms with Crippen molar-refractivity contribution < 1.29 is 9.90 Å². The number of aliphatic hydroxyl groups excluding tert-OH is 1. The van der Waals surface area contributed by atoms with Crippen LogP contribution in [0.4, 0.5) is 0 Å². The molecule has 1 aromatic carbocycles. The highest BCUT2D eigenvalue weighted by molar-refractivity contribution is 5.94. The lowest BCUT2D eigenvalue weighted by Gasteiger charge is -2.06. The number of nitrogens with zero attached hydrogens (tertiary/aromatic N) is 2. The van der Waals surface area contributed by atoms with Crippen molar-refractivity contribution in [1.82, 2.24) is 15.1 Å². The van der Waals surface area contributed by atoms with Gasteiger partial charge in [-0.2, -0.15) is 5.10 Å². The molecule has 0 aliphatic rings. The first-order valence-corrected chi connectivity index (χ1v) is 5.80. The van der Waals surface area contributed by atoms with Crippen LogP contribution in [0.25, 0.3) is 5.69 Å². The second-order valence-corrected chi connectivity index (χ2v) is 3.83. The molecule has 5 nitrogen and oxygen atoms in total. The number of rotatable bonds is 5. The van der Waals surface area contributed by atoms with Gasteiger partial charge in [-0.25, -0.2) is 4.68 Å². The number of carbonyl (C=O) groups is 1. The highest BCUT2D eigenvalue weighted by Crippen LogP contribution is 2.09. The van der Waals surface area contributed by atoms with Crippen LogP contribution in [0.3, 0.4) is 0 Å². The molecule has 0 atom stereocenters. The summed E-state index contributed by atoms with van der Waals surface area (Å²) in [6.45, 7) is 0.551. The Balaban J connectivity index is 2.10. The monoisotopic (exact) mass is 245 g/mol. The van der Waals surface area contributed by atoms with Crippen molar-refractivity contribution in [2.75, 3.05) is 13.2 Å². The highest BCUT2D eigenvalue weighted by atomic mass is 16.3. The lowest BCUT2D eigenvalue weighted by atomic mass is 10.2. The van der Waals surface area contributed by atoms with Gasteiger partial charge in [0.2, 0.25) is 0 Å². The summed E-state index contributed by atoms with van der Waals surface area (Å²) < 4.78 is 1.70. The second kappa shape index (κ2) is 5.97. The molecule has 1 aromatic heterocycles. The van der Waals surface area contributed by atoms with Gasteiger partial charge in [-0.1, -0.05) is 6.07 Å². The topological polar surface area (TPSA) is 67.2 Å². The largest absolute Gasteiger partial charge is 0.396 e. The maximum Gasteiger partial charge on any atom is 0.251 e. The number of hydrogen-bond donors (Lipinski definition) is 2. The van der Waals surface area contributed by atoms with Crippen molar-refractivity contribution in [2.24, 2.45) is 0 Å². The molecular weight excluding hydrogens is 230 g/mol. The summed E-state index contributed by atoms with van der Waals surface area (Å²) >= 11 is 0. The van der Waals surface area contributed by atoms with E-state index in [1.807, 2.05) is 24.4 Å². The van der Waals surface area contributed by atoms with E-state index >= 15 is 0 Å². The fourth-order valence-electron chi connectivity index (χ4n) is 1.59. The molecule has 1 amide bonds. The molecule has 0 aliphatic carbocycles. The first-order valence-electron chi connectivity index (χ1n) is 5.80. The first-order chi connectivity index (χ1) is 8.81. The number of aromatic nitrogens is 2. The number of amides is 1. The van der Waals surface area contributed by atoms with Crippen LogP contribution in [0.5, 0.6) is 0 Å². The Morgan fingerprint density at radius 2 is 2.28 bits per heavy atom. The smallest absolute Gasteiger partial charge is 0.251 e. The highest BCUT2D eigenvalue weighted by Gasteiger charge is 2.06. The molecular formula is C13H15N3O2. The van der Waals surface area contributed by atoms with E-state index in [4.69, 9.17) is 5.11 Å². The average molecular weight is 245 g/mol. The lowest BCUT2D eigenvalue weighted by Crippen LogP contribution is -2.25. The molecule has 2 aromatic rings. The second-order valence-electron chi connectivity index (χ2n) is 3.83. The Hall–Kier alpha value is -2.14. The predicted molar refractivity (Wildman–Crippen MR) is 67.6 cm³/mol. The van der Waals surface area contributed by atoms with Crippen LogP contribution in [-0.2, 0) is 0 Å². The summed E-state index contributed by atoms with van der Waals surface area (Å²) in [6.07, 6.45) is 4.07. The van der Waals surface area contributed by atoms with E-state index in [2.05, 4.69) is 10.4 Å². The molecule has 94 valence electrons. The summed E-state index contributed by atoms with van der Waals surface area (Å²) in [7, 11) is 0. The van der Waals surface area contributed by atoms with Gasteiger partial charge in [0.1, 0.15) is 0 Å². The third-order valence-corrected chi connectivity index (χ3v) is 2.50. The van der Waals surface area contributed by atoms with E-state index in [-0.39, 0.29) is 12.5 Å². The predicted octanol–water partition coefficient (Wildman–Crippen LogP) is 0.985. The van der Waals surface area contributed by atoms with E-state index in [0.29, 0.717) is 18.5 Å². The summed E-state index contributed by atoms with van der Waals surface area (Å²) in [5, 5.41) is 15.5. The van der Waals surface area contributed by atoms with Crippen molar-refractivity contribution in [3.05, 3.63) is 48.3 Å². The molecule has 2 rings (SSSR count). The Labute approximate surface area is 105 Å². The van der Waals surface area contributed by atoms with Gasteiger partial charge in [0.25, 0.3) is 5.91 Å². The minimum atomic E-state index is -0.141. The molecule has 0 aliphatic heterocycles. The van der Waals surface area contributed by atoms with E-state index in [0.717, 1.165) is 5.69 Å². The minimum absolute atomic E-state index is 0.0770. The molecule has 0 unspecified atom stereocenters. The van der Waals surface area contributed by atoms with Gasteiger partial charge in [0, 0.05) is 31.1 Å². The Morgan fingerprint density at radius 3 is 3.00 bits per heavy atom. The average Bonchev–Trinajstić information content (AvgIpc) is 2.93.